The smallest absolute Gasteiger partial charge is 0.280 e. The molecule has 3 N–H and O–H groups in total. The standard InChI is InChI=1S/C27H35N5O5S2.ClH/c1-32(2)16-5-17-36-23-15-14-22-26(29-23)38-27(28-22)30-25(33)24(31-37-19-6-3-4-7-19)18-8-10-20(11-9-18)39(34,35)21-12-13-21;/h8-11,14-15,19,21,34-35H,3-7,12-13,16-17H2,1-2H3,(H,28,30,33);1H/b31-24+;. The SMILES string of the molecule is CN(C)CCCOc1ccc2nc(NC(=O)/C(=N/OC3CCCC3)c3ccc(S(O)(O)C4CC4)cc3)sc2n1.Cl. The fourth-order valence-corrected chi connectivity index (χ4v) is 6.94. The van der Waals surface area contributed by atoms with Gasteiger partial charge in [-0.3, -0.25) is 19.2 Å². The fraction of sp³-hybridized carbons (Fsp3) is 0.481. The van der Waals surface area contributed by atoms with Gasteiger partial charge < -0.3 is 14.5 Å². The summed E-state index contributed by atoms with van der Waals surface area (Å²) in [6, 6.07) is 10.3. The molecule has 2 aliphatic rings. The summed E-state index contributed by atoms with van der Waals surface area (Å²) in [5.74, 6) is 0.0565. The molecule has 0 spiro atoms. The summed E-state index contributed by atoms with van der Waals surface area (Å²) in [6.45, 7) is 1.49. The van der Waals surface area contributed by atoms with Gasteiger partial charge in [-0.2, -0.15) is 10.6 Å². The number of hydrogen-bond donors (Lipinski definition) is 3. The van der Waals surface area contributed by atoms with Crippen molar-refractivity contribution >= 4 is 61.4 Å². The van der Waals surface area contributed by atoms with Crippen LogP contribution in [-0.2, 0) is 9.63 Å². The number of benzene rings is 1. The zero-order valence-electron chi connectivity index (χ0n) is 22.6. The summed E-state index contributed by atoms with van der Waals surface area (Å²) in [6.07, 6.45) is 6.47. The van der Waals surface area contributed by atoms with Gasteiger partial charge in [0, 0.05) is 18.2 Å². The molecular formula is C27H36ClN5O5S2. The van der Waals surface area contributed by atoms with Crippen LogP contribution in [0.5, 0.6) is 5.88 Å². The second kappa shape index (κ2) is 13.5. The summed E-state index contributed by atoms with van der Waals surface area (Å²) >= 11 is 1.25. The Labute approximate surface area is 245 Å². The molecule has 0 unspecified atom stereocenters. The Bertz CT molecular complexity index is 1320. The molecule has 1 amide bonds. The number of nitrogens with one attached hydrogen (secondary N) is 1. The van der Waals surface area contributed by atoms with Crippen LogP contribution in [0, 0.1) is 0 Å². The Morgan fingerprint density at radius 2 is 1.82 bits per heavy atom. The van der Waals surface area contributed by atoms with Crippen LogP contribution in [0.1, 0.15) is 50.5 Å². The number of hydrogen-bond acceptors (Lipinski definition) is 10. The number of oxime groups is 1. The third-order valence-corrected chi connectivity index (χ3v) is 9.97. The van der Waals surface area contributed by atoms with Crippen molar-refractivity contribution in [3.8, 4) is 5.88 Å². The molecule has 0 saturated heterocycles. The van der Waals surface area contributed by atoms with Crippen LogP contribution in [0.2, 0.25) is 0 Å². The van der Waals surface area contributed by atoms with Gasteiger partial charge in [-0.1, -0.05) is 28.6 Å². The van der Waals surface area contributed by atoms with E-state index in [1.54, 1.807) is 30.3 Å². The maximum Gasteiger partial charge on any atom is 0.280 e. The summed E-state index contributed by atoms with van der Waals surface area (Å²) in [5.41, 5.74) is 1.28. The Kier molecular flexibility index (Phi) is 10.3. The maximum atomic E-state index is 13.4. The first-order valence-corrected chi connectivity index (χ1v) is 15.7. The number of halogens is 1. The molecular weight excluding hydrogens is 574 g/mol. The first kappa shape index (κ1) is 30.5. The second-order valence-corrected chi connectivity index (χ2v) is 13.5. The number of rotatable bonds is 12. The highest BCUT2D eigenvalue weighted by atomic mass is 35.5. The molecule has 40 heavy (non-hydrogen) atoms. The van der Waals surface area contributed by atoms with Crippen molar-refractivity contribution in [2.45, 2.75) is 61.2 Å². The Balaban J connectivity index is 0.00000370. The first-order chi connectivity index (χ1) is 18.8. The van der Waals surface area contributed by atoms with Crippen molar-refractivity contribution in [3.05, 3.63) is 42.0 Å². The third-order valence-electron chi connectivity index (χ3n) is 6.72. The van der Waals surface area contributed by atoms with E-state index in [9.17, 15) is 13.9 Å². The van der Waals surface area contributed by atoms with Crippen molar-refractivity contribution in [1.82, 2.24) is 14.9 Å². The number of carbonyl (C=O) groups is 1. The van der Waals surface area contributed by atoms with E-state index >= 15 is 0 Å². The molecule has 13 heteroatoms. The summed E-state index contributed by atoms with van der Waals surface area (Å²) < 4.78 is 26.9. The van der Waals surface area contributed by atoms with Crippen LogP contribution in [-0.4, -0.2) is 74.2 Å². The van der Waals surface area contributed by atoms with E-state index in [-0.39, 0.29) is 29.5 Å². The van der Waals surface area contributed by atoms with Crippen molar-refractivity contribution < 1.29 is 23.5 Å². The molecule has 2 saturated carbocycles. The molecule has 218 valence electrons. The number of pyridine rings is 1. The van der Waals surface area contributed by atoms with Gasteiger partial charge in [0.05, 0.1) is 16.8 Å². The third kappa shape index (κ3) is 7.62. The zero-order chi connectivity index (χ0) is 27.4. The lowest BCUT2D eigenvalue weighted by atomic mass is 10.1. The van der Waals surface area contributed by atoms with E-state index in [1.807, 2.05) is 20.2 Å². The molecule has 0 aliphatic heterocycles. The second-order valence-electron chi connectivity index (χ2n) is 10.2. The van der Waals surface area contributed by atoms with Gasteiger partial charge in [-0.15, -0.1) is 12.4 Å². The van der Waals surface area contributed by atoms with E-state index in [0.717, 1.165) is 51.5 Å². The van der Waals surface area contributed by atoms with E-state index < -0.39 is 16.5 Å². The molecule has 1 aromatic carbocycles. The first-order valence-electron chi connectivity index (χ1n) is 13.3. The van der Waals surface area contributed by atoms with Crippen molar-refractivity contribution in [2.24, 2.45) is 5.16 Å². The van der Waals surface area contributed by atoms with Crippen LogP contribution in [0.25, 0.3) is 10.3 Å². The van der Waals surface area contributed by atoms with Gasteiger partial charge in [0.2, 0.25) is 5.88 Å². The monoisotopic (exact) mass is 609 g/mol. The number of carbonyl (C=O) groups excluding carboxylic acids is 1. The van der Waals surface area contributed by atoms with Crippen LogP contribution < -0.4 is 10.1 Å². The highest BCUT2D eigenvalue weighted by Gasteiger charge is 2.37. The number of fused-ring (bicyclic) bond motifs is 1. The minimum absolute atomic E-state index is 0. The van der Waals surface area contributed by atoms with Crippen molar-refractivity contribution in [1.29, 1.82) is 0 Å². The van der Waals surface area contributed by atoms with Crippen LogP contribution >= 0.6 is 34.3 Å². The summed E-state index contributed by atoms with van der Waals surface area (Å²) in [5, 5.41) is 7.41. The molecule has 5 rings (SSSR count). The van der Waals surface area contributed by atoms with Gasteiger partial charge >= 0.3 is 0 Å². The number of nitrogens with zero attached hydrogens (tertiary/aromatic N) is 4. The van der Waals surface area contributed by atoms with E-state index in [0.29, 0.717) is 38.4 Å². The maximum absolute atomic E-state index is 13.4. The topological polar surface area (TPSA) is 129 Å². The quantitative estimate of drug-likeness (QED) is 0.129. The number of anilines is 1. The molecule has 0 bridgehead atoms. The molecule has 0 radical (unpaired) electrons. The predicted molar refractivity (Wildman–Crippen MR) is 162 cm³/mol. The van der Waals surface area contributed by atoms with Crippen molar-refractivity contribution in [3.63, 3.8) is 0 Å². The van der Waals surface area contributed by atoms with Crippen LogP contribution in [0.4, 0.5) is 5.13 Å². The molecule has 2 fully saturated rings. The Morgan fingerprint density at radius 3 is 2.50 bits per heavy atom. The van der Waals surface area contributed by atoms with Gasteiger partial charge in [0.25, 0.3) is 5.91 Å². The summed E-state index contributed by atoms with van der Waals surface area (Å²) in [7, 11) is 1.21. The number of aromatic nitrogens is 2. The molecule has 3 aromatic rings. The lowest BCUT2D eigenvalue weighted by Crippen LogP contribution is -2.25. The minimum Gasteiger partial charge on any atom is -0.478 e. The van der Waals surface area contributed by atoms with Crippen molar-refractivity contribution in [2.75, 3.05) is 32.6 Å². The molecule has 0 atom stereocenters. The van der Waals surface area contributed by atoms with Gasteiger partial charge in [0.1, 0.15) is 16.5 Å². The normalized spacial score (nSPS) is 16.7. The molecule has 2 aromatic heterocycles. The van der Waals surface area contributed by atoms with Gasteiger partial charge in [-0.25, -0.2) is 9.97 Å². The number of ether oxygens (including phenoxy) is 1. The lowest BCUT2D eigenvalue weighted by Gasteiger charge is -2.32. The van der Waals surface area contributed by atoms with Gasteiger partial charge in [0.15, 0.2) is 10.8 Å². The number of thiazole rings is 1. The van der Waals surface area contributed by atoms with Crippen LogP contribution in [0.15, 0.2) is 46.4 Å². The number of amides is 1. The average Bonchev–Trinajstić information content (AvgIpc) is 3.52. The van der Waals surface area contributed by atoms with Gasteiger partial charge in [-0.05, 0) is 77.2 Å². The minimum atomic E-state index is -2.83. The largest absolute Gasteiger partial charge is 0.478 e. The Hall–Kier alpha value is -2.48. The zero-order valence-corrected chi connectivity index (χ0v) is 25.1. The average molecular weight is 610 g/mol. The molecule has 2 heterocycles. The van der Waals surface area contributed by atoms with Crippen LogP contribution in [0.3, 0.4) is 0 Å². The highest BCUT2D eigenvalue weighted by Crippen LogP contribution is 2.61. The predicted octanol–water partition coefficient (Wildman–Crippen LogP) is 6.02. The van der Waals surface area contributed by atoms with E-state index in [2.05, 4.69) is 25.3 Å². The highest BCUT2D eigenvalue weighted by molar-refractivity contribution is 8.25. The van der Waals surface area contributed by atoms with E-state index in [4.69, 9.17) is 9.57 Å². The molecule has 10 nitrogen and oxygen atoms in total. The summed E-state index contributed by atoms with van der Waals surface area (Å²) in [4.78, 5) is 31.4. The Morgan fingerprint density at radius 1 is 1.10 bits per heavy atom. The lowest BCUT2D eigenvalue weighted by molar-refractivity contribution is -0.110. The fourth-order valence-electron chi connectivity index (χ4n) is 4.40. The molecule has 2 aliphatic carbocycles. The van der Waals surface area contributed by atoms with E-state index in [1.165, 1.54) is 11.3 Å².